The van der Waals surface area contributed by atoms with Gasteiger partial charge >= 0.3 is 0 Å². The molecule has 0 spiro atoms. The van der Waals surface area contributed by atoms with Crippen molar-refractivity contribution in [2.24, 2.45) is 10.8 Å². The number of nitriles is 1. The Morgan fingerprint density at radius 3 is 2.58 bits per heavy atom. The van der Waals surface area contributed by atoms with Crippen LogP contribution >= 0.6 is 34.8 Å². The molecule has 1 rings (SSSR count). The maximum Gasteiger partial charge on any atom is 0.201 e. The molecule has 0 radical (unpaired) electrons. The van der Waals surface area contributed by atoms with E-state index in [0.29, 0.717) is 11.3 Å². The van der Waals surface area contributed by atoms with Crippen LogP contribution in [0.25, 0.3) is 5.03 Å². The molecular formula is C11H8Cl3N5. The van der Waals surface area contributed by atoms with Gasteiger partial charge < -0.3 is 5.73 Å². The molecule has 5 nitrogen and oxygen atoms in total. The van der Waals surface area contributed by atoms with Gasteiger partial charge in [0.25, 0.3) is 0 Å². The van der Waals surface area contributed by atoms with Crippen LogP contribution in [0.15, 0.2) is 33.9 Å². The number of hydrazone groups is 1. The number of hydrogen-bond acceptors (Lipinski definition) is 4. The van der Waals surface area contributed by atoms with Crippen molar-refractivity contribution in [2.45, 2.75) is 0 Å². The van der Waals surface area contributed by atoms with E-state index in [1.807, 2.05) is 0 Å². The van der Waals surface area contributed by atoms with E-state index >= 15 is 0 Å². The SMILES string of the molecule is N#C/C(=N\Nc1cccc(C(Cl)=C(Cl)Cl)c1)C(=N)N. The van der Waals surface area contributed by atoms with Crippen LogP contribution in [-0.4, -0.2) is 11.5 Å². The standard InChI is InChI=1S/C11H8Cl3N5/c12-9(10(13)14)6-2-1-3-7(4-6)18-19-8(5-15)11(16)17/h1-4,18H,(H3,16,17)/b19-8+. The van der Waals surface area contributed by atoms with Crippen molar-refractivity contribution < 1.29 is 0 Å². The summed E-state index contributed by atoms with van der Waals surface area (Å²) < 4.78 is -0.0521. The highest BCUT2D eigenvalue weighted by Crippen LogP contribution is 2.29. The van der Waals surface area contributed by atoms with Gasteiger partial charge in [-0.15, -0.1) is 0 Å². The van der Waals surface area contributed by atoms with Gasteiger partial charge in [-0.05, 0) is 17.7 Å². The maximum absolute atomic E-state index is 8.68. The predicted molar refractivity (Wildman–Crippen MR) is 79.5 cm³/mol. The minimum absolute atomic E-state index is 0.0521. The lowest BCUT2D eigenvalue weighted by molar-refractivity contribution is 1.33. The molecule has 98 valence electrons. The van der Waals surface area contributed by atoms with Crippen LogP contribution in [0, 0.1) is 16.7 Å². The Bertz CT molecular complexity index is 597. The Kier molecular flexibility index (Phi) is 5.64. The summed E-state index contributed by atoms with van der Waals surface area (Å²) in [5, 5.41) is 19.7. The molecule has 0 aliphatic rings. The van der Waals surface area contributed by atoms with Gasteiger partial charge in [-0.25, -0.2) is 0 Å². The van der Waals surface area contributed by atoms with Crippen molar-refractivity contribution in [3.05, 3.63) is 34.3 Å². The molecule has 0 saturated carbocycles. The van der Waals surface area contributed by atoms with Gasteiger partial charge in [0.1, 0.15) is 10.6 Å². The van der Waals surface area contributed by atoms with Gasteiger partial charge in [0, 0.05) is 0 Å². The van der Waals surface area contributed by atoms with Crippen LogP contribution in [0.3, 0.4) is 0 Å². The summed E-state index contributed by atoms with van der Waals surface area (Å²) in [6, 6.07) is 8.41. The van der Waals surface area contributed by atoms with E-state index in [-0.39, 0.29) is 15.2 Å². The number of anilines is 1. The number of hydrogen-bond donors (Lipinski definition) is 3. The van der Waals surface area contributed by atoms with E-state index in [1.54, 1.807) is 30.3 Å². The molecule has 0 aromatic heterocycles. The Morgan fingerprint density at radius 1 is 1.37 bits per heavy atom. The average molecular weight is 317 g/mol. The molecule has 0 saturated heterocycles. The van der Waals surface area contributed by atoms with Crippen molar-refractivity contribution in [3.8, 4) is 6.07 Å². The van der Waals surface area contributed by atoms with Crippen molar-refractivity contribution in [3.63, 3.8) is 0 Å². The second kappa shape index (κ2) is 7.00. The Morgan fingerprint density at radius 2 is 2.05 bits per heavy atom. The highest BCUT2D eigenvalue weighted by Gasteiger charge is 2.05. The number of nitrogens with two attached hydrogens (primary N) is 1. The second-order valence-electron chi connectivity index (χ2n) is 3.25. The first kappa shape index (κ1) is 15.3. The zero-order valence-electron chi connectivity index (χ0n) is 9.42. The van der Waals surface area contributed by atoms with Gasteiger partial charge in [-0.3, -0.25) is 10.8 Å². The van der Waals surface area contributed by atoms with Crippen LogP contribution in [0.1, 0.15) is 5.56 Å². The molecule has 0 aliphatic heterocycles. The minimum Gasteiger partial charge on any atom is -0.382 e. The molecule has 8 heteroatoms. The van der Waals surface area contributed by atoms with E-state index < -0.39 is 5.84 Å². The number of halogens is 3. The summed E-state index contributed by atoms with van der Waals surface area (Å²) in [6.07, 6.45) is 0. The third-order valence-electron chi connectivity index (χ3n) is 1.94. The first-order chi connectivity index (χ1) is 8.95. The molecular weight excluding hydrogens is 309 g/mol. The summed E-state index contributed by atoms with van der Waals surface area (Å²) >= 11 is 17.1. The van der Waals surface area contributed by atoms with Crippen molar-refractivity contribution in [2.75, 3.05) is 5.43 Å². The molecule has 19 heavy (non-hydrogen) atoms. The molecule has 0 amide bonds. The fourth-order valence-electron chi connectivity index (χ4n) is 1.10. The van der Waals surface area contributed by atoms with Crippen molar-refractivity contribution >= 4 is 57.1 Å². The summed E-state index contributed by atoms with van der Waals surface area (Å²) in [4.78, 5) is 0. The molecule has 0 atom stereocenters. The fourth-order valence-corrected chi connectivity index (χ4v) is 1.44. The van der Waals surface area contributed by atoms with Crippen molar-refractivity contribution in [1.29, 1.82) is 10.7 Å². The summed E-state index contributed by atoms with van der Waals surface area (Å²) in [5.41, 5.74) is 8.65. The second-order valence-corrected chi connectivity index (χ2v) is 4.58. The third kappa shape index (κ3) is 4.45. The first-order valence-electron chi connectivity index (χ1n) is 4.85. The van der Waals surface area contributed by atoms with Gasteiger partial charge in [-0.2, -0.15) is 10.4 Å². The minimum atomic E-state index is -0.423. The van der Waals surface area contributed by atoms with E-state index in [2.05, 4.69) is 10.5 Å². The zero-order chi connectivity index (χ0) is 14.4. The molecule has 0 fully saturated rings. The van der Waals surface area contributed by atoms with Crippen LogP contribution in [0.2, 0.25) is 0 Å². The molecule has 0 unspecified atom stereocenters. The Hall–Kier alpha value is -1.74. The largest absolute Gasteiger partial charge is 0.382 e. The van der Waals surface area contributed by atoms with Crippen LogP contribution in [-0.2, 0) is 0 Å². The molecule has 0 bridgehead atoms. The van der Waals surface area contributed by atoms with E-state index in [4.69, 9.17) is 51.2 Å². The zero-order valence-corrected chi connectivity index (χ0v) is 11.7. The summed E-state index contributed by atoms with van der Waals surface area (Å²) in [7, 11) is 0. The number of rotatable bonds is 4. The predicted octanol–water partition coefficient (Wildman–Crippen LogP) is 3.26. The van der Waals surface area contributed by atoms with Gasteiger partial charge in [0.2, 0.25) is 5.71 Å². The van der Waals surface area contributed by atoms with Gasteiger partial charge in [-0.1, -0.05) is 46.9 Å². The lowest BCUT2D eigenvalue weighted by Gasteiger charge is -2.04. The Balaban J connectivity index is 3.00. The summed E-state index contributed by atoms with van der Waals surface area (Å²) in [5.74, 6) is -0.423. The number of benzene rings is 1. The monoisotopic (exact) mass is 315 g/mol. The molecule has 4 N–H and O–H groups in total. The lowest BCUT2D eigenvalue weighted by atomic mass is 10.2. The maximum atomic E-state index is 8.68. The van der Waals surface area contributed by atoms with Crippen LogP contribution in [0.5, 0.6) is 0 Å². The molecule has 0 aliphatic carbocycles. The number of nitrogens with one attached hydrogen (secondary N) is 2. The molecule has 1 aromatic rings. The quantitative estimate of drug-likeness (QED) is 0.451. The lowest BCUT2D eigenvalue weighted by Crippen LogP contribution is -2.21. The van der Waals surface area contributed by atoms with Crippen LogP contribution < -0.4 is 11.2 Å². The van der Waals surface area contributed by atoms with Gasteiger partial charge in [0.15, 0.2) is 5.84 Å². The normalized spacial score (nSPS) is 10.5. The van der Waals surface area contributed by atoms with E-state index in [1.165, 1.54) is 0 Å². The van der Waals surface area contributed by atoms with E-state index in [9.17, 15) is 0 Å². The fraction of sp³-hybridized carbons (Fsp3) is 0. The number of amidine groups is 1. The van der Waals surface area contributed by atoms with Gasteiger partial charge in [0.05, 0.1) is 10.7 Å². The topological polar surface area (TPSA) is 98.0 Å². The van der Waals surface area contributed by atoms with E-state index in [0.717, 1.165) is 0 Å². The smallest absolute Gasteiger partial charge is 0.201 e. The highest BCUT2D eigenvalue weighted by atomic mass is 35.5. The molecule has 0 heterocycles. The summed E-state index contributed by atoms with van der Waals surface area (Å²) in [6.45, 7) is 0. The third-order valence-corrected chi connectivity index (χ3v) is 2.92. The van der Waals surface area contributed by atoms with Crippen LogP contribution in [0.4, 0.5) is 5.69 Å². The Labute approximate surface area is 124 Å². The van der Waals surface area contributed by atoms with Crippen molar-refractivity contribution in [1.82, 2.24) is 0 Å². The molecule has 1 aromatic carbocycles. The first-order valence-corrected chi connectivity index (χ1v) is 5.98. The average Bonchev–Trinajstić information content (AvgIpc) is 2.38. The number of nitrogens with zero attached hydrogens (tertiary/aromatic N) is 2. The highest BCUT2D eigenvalue weighted by molar-refractivity contribution is 6.66.